The number of anilines is 2. The third-order valence-electron chi connectivity index (χ3n) is 3.75. The number of pyridine rings is 1. The van der Waals surface area contributed by atoms with Gasteiger partial charge in [-0.25, -0.2) is 0 Å². The minimum atomic E-state index is -0.143. The molecule has 2 rings (SSSR count). The van der Waals surface area contributed by atoms with Gasteiger partial charge in [-0.3, -0.25) is 4.98 Å². The number of hydrogen-bond donors (Lipinski definition) is 3. The van der Waals surface area contributed by atoms with Gasteiger partial charge in [-0.05, 0) is 25.3 Å². The van der Waals surface area contributed by atoms with E-state index < -0.39 is 0 Å². The lowest BCUT2D eigenvalue weighted by Crippen LogP contribution is -2.30. The van der Waals surface area contributed by atoms with E-state index in [2.05, 4.69) is 28.6 Å². The average molecular weight is 263 g/mol. The number of nitrogens with one attached hydrogen (secondary N) is 2. The van der Waals surface area contributed by atoms with Crippen molar-refractivity contribution in [2.24, 2.45) is 5.92 Å². The number of aliphatic hydroxyl groups excluding tert-OH is 1. The van der Waals surface area contributed by atoms with Crippen molar-refractivity contribution in [3.05, 3.63) is 18.5 Å². The minimum Gasteiger partial charge on any atom is -0.393 e. The zero-order valence-corrected chi connectivity index (χ0v) is 11.7. The number of nitrogens with zero attached hydrogens (tertiary/aromatic N) is 1. The van der Waals surface area contributed by atoms with Crippen LogP contribution in [0.3, 0.4) is 0 Å². The summed E-state index contributed by atoms with van der Waals surface area (Å²) in [6.07, 6.45) is 9.11. The molecule has 0 radical (unpaired) electrons. The molecule has 1 aromatic heterocycles. The second-order valence-corrected chi connectivity index (χ2v) is 5.38. The Labute approximate surface area is 115 Å². The first kappa shape index (κ1) is 14.1. The van der Waals surface area contributed by atoms with Crippen LogP contribution in [0, 0.1) is 5.92 Å². The van der Waals surface area contributed by atoms with Crippen LogP contribution in [-0.2, 0) is 0 Å². The molecule has 0 aliphatic heterocycles. The van der Waals surface area contributed by atoms with Gasteiger partial charge < -0.3 is 15.7 Å². The highest BCUT2D eigenvalue weighted by Gasteiger charge is 2.22. The zero-order chi connectivity index (χ0) is 13.5. The topological polar surface area (TPSA) is 57.2 Å². The molecule has 1 aromatic rings. The van der Waals surface area contributed by atoms with E-state index in [1.165, 1.54) is 6.42 Å². The Balaban J connectivity index is 1.84. The fraction of sp³-hybridized carbons (Fsp3) is 0.667. The highest BCUT2D eigenvalue weighted by atomic mass is 16.3. The molecule has 106 valence electrons. The van der Waals surface area contributed by atoms with E-state index in [4.69, 9.17) is 0 Å². The summed E-state index contributed by atoms with van der Waals surface area (Å²) < 4.78 is 0. The Morgan fingerprint density at radius 2 is 1.95 bits per heavy atom. The van der Waals surface area contributed by atoms with Gasteiger partial charge >= 0.3 is 0 Å². The molecule has 1 aliphatic rings. The van der Waals surface area contributed by atoms with E-state index in [0.717, 1.165) is 50.1 Å². The Bertz CT molecular complexity index is 383. The van der Waals surface area contributed by atoms with E-state index >= 15 is 0 Å². The molecule has 0 amide bonds. The summed E-state index contributed by atoms with van der Waals surface area (Å²) in [5.74, 6) is 0.376. The third-order valence-corrected chi connectivity index (χ3v) is 3.75. The van der Waals surface area contributed by atoms with Crippen molar-refractivity contribution in [1.29, 1.82) is 0 Å². The molecular weight excluding hydrogens is 238 g/mol. The van der Waals surface area contributed by atoms with Gasteiger partial charge in [0, 0.05) is 19.0 Å². The Hall–Kier alpha value is -1.29. The molecule has 1 heterocycles. The first-order valence-electron chi connectivity index (χ1n) is 7.40. The quantitative estimate of drug-likeness (QED) is 0.738. The molecule has 4 heteroatoms. The molecule has 1 fully saturated rings. The van der Waals surface area contributed by atoms with Crippen molar-refractivity contribution >= 4 is 11.4 Å². The zero-order valence-electron chi connectivity index (χ0n) is 11.7. The molecule has 2 unspecified atom stereocenters. The predicted molar refractivity (Wildman–Crippen MR) is 79.5 cm³/mol. The number of aliphatic hydroxyl groups is 1. The van der Waals surface area contributed by atoms with Crippen molar-refractivity contribution in [2.45, 2.75) is 45.1 Å². The molecule has 4 nitrogen and oxygen atoms in total. The minimum absolute atomic E-state index is 0.143. The smallest absolute Gasteiger partial charge is 0.0585 e. The highest BCUT2D eigenvalue weighted by molar-refractivity contribution is 5.53. The van der Waals surface area contributed by atoms with Crippen LogP contribution in [-0.4, -0.2) is 29.3 Å². The highest BCUT2D eigenvalue weighted by Crippen LogP contribution is 2.25. The van der Waals surface area contributed by atoms with Crippen molar-refractivity contribution in [1.82, 2.24) is 4.98 Å². The first-order valence-corrected chi connectivity index (χ1v) is 7.40. The summed E-state index contributed by atoms with van der Waals surface area (Å²) >= 11 is 0. The second kappa shape index (κ2) is 7.34. The van der Waals surface area contributed by atoms with Gasteiger partial charge in [0.2, 0.25) is 0 Å². The lowest BCUT2D eigenvalue weighted by Gasteiger charge is -2.28. The van der Waals surface area contributed by atoms with Crippen LogP contribution >= 0.6 is 0 Å². The van der Waals surface area contributed by atoms with Crippen molar-refractivity contribution in [3.8, 4) is 0 Å². The molecule has 1 aliphatic carbocycles. The maximum atomic E-state index is 9.95. The van der Waals surface area contributed by atoms with Crippen LogP contribution in [0.5, 0.6) is 0 Å². The third kappa shape index (κ3) is 4.39. The normalized spacial score (nSPS) is 23.1. The Kier molecular flexibility index (Phi) is 5.45. The summed E-state index contributed by atoms with van der Waals surface area (Å²) in [6.45, 7) is 3.94. The summed E-state index contributed by atoms with van der Waals surface area (Å²) in [4.78, 5) is 4.23. The van der Waals surface area contributed by atoms with Crippen LogP contribution in [0.15, 0.2) is 18.5 Å². The molecule has 0 saturated heterocycles. The molecule has 0 spiro atoms. The second-order valence-electron chi connectivity index (χ2n) is 5.38. The van der Waals surface area contributed by atoms with Gasteiger partial charge in [0.05, 0.1) is 29.9 Å². The molecule has 1 saturated carbocycles. The molecule has 0 bridgehead atoms. The van der Waals surface area contributed by atoms with Gasteiger partial charge in [-0.1, -0.05) is 19.8 Å². The van der Waals surface area contributed by atoms with Crippen LogP contribution in [0.25, 0.3) is 0 Å². The van der Waals surface area contributed by atoms with Crippen molar-refractivity contribution < 1.29 is 5.11 Å². The summed E-state index contributed by atoms with van der Waals surface area (Å²) in [6, 6.07) is 2.08. The predicted octanol–water partition coefficient (Wildman–Crippen LogP) is 2.87. The SMILES string of the molecule is CCCNc1cncc(NCC2CCCCC2O)c1. The van der Waals surface area contributed by atoms with Crippen molar-refractivity contribution in [3.63, 3.8) is 0 Å². The van der Waals surface area contributed by atoms with E-state index in [9.17, 15) is 5.11 Å². The number of hydrogen-bond acceptors (Lipinski definition) is 4. The molecular formula is C15H25N3O. The van der Waals surface area contributed by atoms with E-state index in [1.54, 1.807) is 0 Å². The summed E-state index contributed by atoms with van der Waals surface area (Å²) in [5.41, 5.74) is 2.08. The molecule has 3 N–H and O–H groups in total. The lowest BCUT2D eigenvalue weighted by atomic mass is 9.86. The molecule has 0 aromatic carbocycles. The van der Waals surface area contributed by atoms with Crippen LogP contribution in [0.2, 0.25) is 0 Å². The van der Waals surface area contributed by atoms with Crippen molar-refractivity contribution in [2.75, 3.05) is 23.7 Å². The van der Waals surface area contributed by atoms with Crippen LogP contribution in [0.4, 0.5) is 11.4 Å². The van der Waals surface area contributed by atoms with Gasteiger partial charge in [0.25, 0.3) is 0 Å². The van der Waals surface area contributed by atoms with Crippen LogP contribution < -0.4 is 10.6 Å². The van der Waals surface area contributed by atoms with Gasteiger partial charge in [-0.2, -0.15) is 0 Å². The lowest BCUT2D eigenvalue weighted by molar-refractivity contribution is 0.0763. The number of aromatic nitrogens is 1. The molecule has 2 atom stereocenters. The summed E-state index contributed by atoms with van der Waals surface area (Å²) in [7, 11) is 0. The van der Waals surface area contributed by atoms with Gasteiger partial charge in [0.15, 0.2) is 0 Å². The standard InChI is InChI=1S/C15H25N3O/c1-2-7-17-13-8-14(11-16-10-13)18-9-12-5-3-4-6-15(12)19/h8,10-12,15,17-19H,2-7,9H2,1H3. The summed E-state index contributed by atoms with van der Waals surface area (Å²) in [5, 5.41) is 16.7. The molecule has 19 heavy (non-hydrogen) atoms. The van der Waals surface area contributed by atoms with Crippen LogP contribution in [0.1, 0.15) is 39.0 Å². The van der Waals surface area contributed by atoms with E-state index in [-0.39, 0.29) is 6.10 Å². The maximum Gasteiger partial charge on any atom is 0.0585 e. The fourth-order valence-corrected chi connectivity index (χ4v) is 2.58. The van der Waals surface area contributed by atoms with Gasteiger partial charge in [-0.15, -0.1) is 0 Å². The largest absolute Gasteiger partial charge is 0.393 e. The number of rotatable bonds is 6. The fourth-order valence-electron chi connectivity index (χ4n) is 2.58. The van der Waals surface area contributed by atoms with E-state index in [1.807, 2.05) is 12.4 Å². The average Bonchev–Trinajstić information content (AvgIpc) is 2.45. The van der Waals surface area contributed by atoms with Gasteiger partial charge in [0.1, 0.15) is 0 Å². The Morgan fingerprint density at radius 3 is 2.68 bits per heavy atom. The maximum absolute atomic E-state index is 9.95. The Morgan fingerprint density at radius 1 is 1.21 bits per heavy atom. The monoisotopic (exact) mass is 263 g/mol. The first-order chi connectivity index (χ1) is 9.29. The van der Waals surface area contributed by atoms with E-state index in [0.29, 0.717) is 5.92 Å².